The molecule has 2 N–H and O–H groups in total. The van der Waals surface area contributed by atoms with Crippen LogP contribution in [0.15, 0.2) is 12.2 Å². The molecule has 48 valence electrons. The summed E-state index contributed by atoms with van der Waals surface area (Å²) >= 11 is 0. The average Bonchev–Trinajstić information content (AvgIpc) is 1.83. The molecule has 8 heavy (non-hydrogen) atoms. The molecule has 0 aromatic carbocycles. The summed E-state index contributed by atoms with van der Waals surface area (Å²) < 4.78 is 0. The van der Waals surface area contributed by atoms with Gasteiger partial charge in [0.1, 0.15) is 0 Å². The van der Waals surface area contributed by atoms with E-state index >= 15 is 0 Å². The van der Waals surface area contributed by atoms with E-state index in [0.29, 0.717) is 6.04 Å². The molecule has 0 aromatic rings. The van der Waals surface area contributed by atoms with E-state index in [-0.39, 0.29) is 0 Å². The summed E-state index contributed by atoms with van der Waals surface area (Å²) in [6.45, 7) is 4.12. The number of allylic oxidation sites excluding steroid dienone is 1. The summed E-state index contributed by atoms with van der Waals surface area (Å²) in [5.74, 6) is 0. The van der Waals surface area contributed by atoms with E-state index in [2.05, 4.69) is 13.0 Å². The first-order valence-corrected chi connectivity index (χ1v) is 3.18. The molecule has 0 heterocycles. The zero-order chi connectivity index (χ0) is 6.41. The van der Waals surface area contributed by atoms with Gasteiger partial charge in [-0.1, -0.05) is 19.1 Å². The minimum absolute atomic E-state index is 0.367. The zero-order valence-electron chi connectivity index (χ0n) is 5.72. The summed E-state index contributed by atoms with van der Waals surface area (Å²) in [4.78, 5) is 0. The quantitative estimate of drug-likeness (QED) is 0.554. The molecule has 1 nitrogen and oxygen atoms in total. The van der Waals surface area contributed by atoms with Crippen LogP contribution in [0.2, 0.25) is 0 Å². The molecule has 0 aliphatic heterocycles. The molecular weight excluding hydrogens is 98.1 g/mol. The van der Waals surface area contributed by atoms with Gasteiger partial charge in [0.2, 0.25) is 0 Å². The number of nitrogens with two attached hydrogens (primary N) is 1. The van der Waals surface area contributed by atoms with Crippen LogP contribution in [-0.4, -0.2) is 6.04 Å². The Kier molecular flexibility index (Phi) is 4.67. The second-order valence-electron chi connectivity index (χ2n) is 1.97. The summed E-state index contributed by atoms with van der Waals surface area (Å²) in [5.41, 5.74) is 5.61. The van der Waals surface area contributed by atoms with E-state index in [1.807, 2.05) is 13.0 Å². The van der Waals surface area contributed by atoms with Gasteiger partial charge in [0.25, 0.3) is 0 Å². The Balaban J connectivity index is 3.10. The van der Waals surface area contributed by atoms with E-state index in [4.69, 9.17) is 5.73 Å². The topological polar surface area (TPSA) is 26.0 Å². The van der Waals surface area contributed by atoms with Crippen molar-refractivity contribution in [2.45, 2.75) is 32.7 Å². The number of hydrogen-bond donors (Lipinski definition) is 1. The van der Waals surface area contributed by atoms with E-state index < -0.39 is 0 Å². The minimum Gasteiger partial charge on any atom is -0.327 e. The number of rotatable bonds is 3. The Labute approximate surface area is 51.6 Å². The van der Waals surface area contributed by atoms with Crippen LogP contribution in [0, 0.1) is 0 Å². The van der Waals surface area contributed by atoms with Crippen LogP contribution < -0.4 is 5.73 Å². The van der Waals surface area contributed by atoms with Crippen molar-refractivity contribution in [3.8, 4) is 0 Å². The molecule has 0 radical (unpaired) electrons. The molecule has 0 aliphatic rings. The van der Waals surface area contributed by atoms with Gasteiger partial charge in [-0.3, -0.25) is 0 Å². The molecule has 0 rings (SSSR count). The van der Waals surface area contributed by atoms with Crippen molar-refractivity contribution in [1.82, 2.24) is 0 Å². The van der Waals surface area contributed by atoms with Crippen molar-refractivity contribution in [3.63, 3.8) is 0 Å². The fourth-order valence-electron chi connectivity index (χ4n) is 0.478. The van der Waals surface area contributed by atoms with Crippen LogP contribution in [-0.2, 0) is 0 Å². The lowest BCUT2D eigenvalue weighted by molar-refractivity contribution is 0.659. The van der Waals surface area contributed by atoms with Crippen LogP contribution in [0.25, 0.3) is 0 Å². The molecule has 0 aromatic heterocycles. The van der Waals surface area contributed by atoms with Crippen molar-refractivity contribution in [2.75, 3.05) is 0 Å². The van der Waals surface area contributed by atoms with E-state index in [1.54, 1.807) is 0 Å². The Morgan fingerprint density at radius 3 is 2.62 bits per heavy atom. The van der Waals surface area contributed by atoms with E-state index in [0.717, 1.165) is 12.8 Å². The second kappa shape index (κ2) is 4.85. The molecule has 0 fully saturated rings. The normalized spacial score (nSPS) is 14.9. The van der Waals surface area contributed by atoms with Crippen LogP contribution in [0.4, 0.5) is 0 Å². The van der Waals surface area contributed by atoms with Gasteiger partial charge in [-0.15, -0.1) is 0 Å². The lowest BCUT2D eigenvalue weighted by Gasteiger charge is -2.01. The van der Waals surface area contributed by atoms with Gasteiger partial charge in [0.05, 0.1) is 0 Å². The van der Waals surface area contributed by atoms with Crippen molar-refractivity contribution in [1.29, 1.82) is 0 Å². The molecule has 0 saturated heterocycles. The molecular formula is C7H15N. The molecule has 0 aliphatic carbocycles. The van der Waals surface area contributed by atoms with Crippen LogP contribution in [0.3, 0.4) is 0 Å². The van der Waals surface area contributed by atoms with Gasteiger partial charge in [-0.2, -0.15) is 0 Å². The van der Waals surface area contributed by atoms with Crippen molar-refractivity contribution >= 4 is 0 Å². The standard InChI is InChI=1S/C7H15N/c1-3-5-6-7(8)4-2/h3,5,7H,4,6,8H2,1-2H3/b5-3-. The fourth-order valence-corrected chi connectivity index (χ4v) is 0.478. The first-order chi connectivity index (χ1) is 3.81. The maximum Gasteiger partial charge on any atom is 0.00707 e. The SMILES string of the molecule is C/C=C\CC(N)CC. The van der Waals surface area contributed by atoms with Gasteiger partial charge < -0.3 is 5.73 Å². The highest BCUT2D eigenvalue weighted by Crippen LogP contribution is 1.93. The highest BCUT2D eigenvalue weighted by Gasteiger charge is 1.91. The Hall–Kier alpha value is -0.300. The summed E-state index contributed by atoms with van der Waals surface area (Å²) in [7, 11) is 0. The smallest absolute Gasteiger partial charge is 0.00707 e. The van der Waals surface area contributed by atoms with Gasteiger partial charge >= 0.3 is 0 Å². The summed E-state index contributed by atoms with van der Waals surface area (Å²) in [6, 6.07) is 0.367. The highest BCUT2D eigenvalue weighted by atomic mass is 14.6. The van der Waals surface area contributed by atoms with Crippen LogP contribution in [0.1, 0.15) is 26.7 Å². The summed E-state index contributed by atoms with van der Waals surface area (Å²) in [6.07, 6.45) is 6.24. The van der Waals surface area contributed by atoms with Gasteiger partial charge in [-0.25, -0.2) is 0 Å². The van der Waals surface area contributed by atoms with Crippen LogP contribution >= 0.6 is 0 Å². The molecule has 0 spiro atoms. The summed E-state index contributed by atoms with van der Waals surface area (Å²) in [5, 5.41) is 0. The number of hydrogen-bond acceptors (Lipinski definition) is 1. The first-order valence-electron chi connectivity index (χ1n) is 3.18. The highest BCUT2D eigenvalue weighted by molar-refractivity contribution is 4.81. The minimum atomic E-state index is 0.367. The molecule has 0 amide bonds. The lowest BCUT2D eigenvalue weighted by atomic mass is 10.2. The molecule has 1 heteroatoms. The third-order valence-electron chi connectivity index (χ3n) is 1.20. The van der Waals surface area contributed by atoms with Crippen LogP contribution in [0.5, 0.6) is 0 Å². The lowest BCUT2D eigenvalue weighted by Crippen LogP contribution is -2.16. The third kappa shape index (κ3) is 3.88. The predicted octanol–water partition coefficient (Wildman–Crippen LogP) is 1.69. The van der Waals surface area contributed by atoms with Gasteiger partial charge in [0.15, 0.2) is 0 Å². The Morgan fingerprint density at radius 2 is 2.25 bits per heavy atom. The molecule has 1 atom stereocenters. The van der Waals surface area contributed by atoms with E-state index in [9.17, 15) is 0 Å². The van der Waals surface area contributed by atoms with Crippen molar-refractivity contribution in [2.24, 2.45) is 5.73 Å². The maximum atomic E-state index is 5.61. The Morgan fingerprint density at radius 1 is 1.62 bits per heavy atom. The van der Waals surface area contributed by atoms with Crippen molar-refractivity contribution in [3.05, 3.63) is 12.2 Å². The first kappa shape index (κ1) is 7.70. The zero-order valence-corrected chi connectivity index (χ0v) is 5.72. The fraction of sp³-hybridized carbons (Fsp3) is 0.714. The molecule has 0 bridgehead atoms. The third-order valence-corrected chi connectivity index (χ3v) is 1.20. The maximum absolute atomic E-state index is 5.61. The molecule has 1 unspecified atom stereocenters. The second-order valence-corrected chi connectivity index (χ2v) is 1.97. The van der Waals surface area contributed by atoms with E-state index in [1.165, 1.54) is 0 Å². The predicted molar refractivity (Wildman–Crippen MR) is 37.7 cm³/mol. The Bertz CT molecular complexity index is 66.8. The molecule has 0 saturated carbocycles. The largest absolute Gasteiger partial charge is 0.327 e. The average molecular weight is 113 g/mol. The van der Waals surface area contributed by atoms with Gasteiger partial charge in [-0.05, 0) is 19.8 Å². The monoisotopic (exact) mass is 113 g/mol. The van der Waals surface area contributed by atoms with Crippen molar-refractivity contribution < 1.29 is 0 Å². The van der Waals surface area contributed by atoms with Gasteiger partial charge in [0, 0.05) is 6.04 Å².